The van der Waals surface area contributed by atoms with Crippen molar-refractivity contribution in [3.63, 3.8) is 0 Å². The van der Waals surface area contributed by atoms with Crippen LogP contribution in [0.4, 0.5) is 0 Å². The van der Waals surface area contributed by atoms with E-state index in [-0.39, 0.29) is 6.04 Å². The Morgan fingerprint density at radius 3 is 1.89 bits per heavy atom. The Kier molecular flexibility index (Phi) is 5.97. The van der Waals surface area contributed by atoms with Gasteiger partial charge in [0.2, 0.25) is 0 Å². The second-order valence-electron chi connectivity index (χ2n) is 5.58. The molecule has 0 saturated heterocycles. The normalized spacial score (nSPS) is 13.7. The third-order valence-corrected chi connectivity index (χ3v) is 4.06. The van der Waals surface area contributed by atoms with Gasteiger partial charge in [-0.05, 0) is 36.5 Å². The summed E-state index contributed by atoms with van der Waals surface area (Å²) in [7, 11) is 0. The first kappa shape index (κ1) is 15.8. The Labute approximate surface area is 121 Å². The molecule has 102 valence electrons. The van der Waals surface area contributed by atoms with Crippen LogP contribution >= 0.6 is 23.2 Å². The van der Waals surface area contributed by atoms with Crippen molar-refractivity contribution >= 4 is 23.2 Å². The monoisotopic (exact) mass is 287 g/mol. The SMILES string of the molecule is CC(NC(C(C)C)C(C)C)c1ccc(Cl)c(Cl)c1. The summed E-state index contributed by atoms with van der Waals surface area (Å²) in [5, 5.41) is 4.90. The number of hydrogen-bond acceptors (Lipinski definition) is 1. The number of hydrogen-bond donors (Lipinski definition) is 1. The Morgan fingerprint density at radius 1 is 0.889 bits per heavy atom. The predicted octanol–water partition coefficient (Wildman–Crippen LogP) is 5.32. The minimum Gasteiger partial charge on any atom is -0.307 e. The molecule has 0 spiro atoms. The molecular formula is C15H23Cl2N. The molecule has 1 atom stereocenters. The van der Waals surface area contributed by atoms with Crippen LogP contribution in [-0.2, 0) is 0 Å². The highest BCUT2D eigenvalue weighted by atomic mass is 35.5. The van der Waals surface area contributed by atoms with E-state index in [4.69, 9.17) is 23.2 Å². The van der Waals surface area contributed by atoms with Crippen molar-refractivity contribution < 1.29 is 0 Å². The third kappa shape index (κ3) is 4.15. The maximum Gasteiger partial charge on any atom is 0.0595 e. The molecule has 0 fully saturated rings. The summed E-state index contributed by atoms with van der Waals surface area (Å²) in [6, 6.07) is 6.60. The summed E-state index contributed by atoms with van der Waals surface area (Å²) < 4.78 is 0. The first-order chi connectivity index (χ1) is 8.32. The molecule has 1 rings (SSSR count). The molecule has 1 aromatic rings. The van der Waals surface area contributed by atoms with E-state index in [2.05, 4.69) is 39.9 Å². The highest BCUT2D eigenvalue weighted by Crippen LogP contribution is 2.26. The Morgan fingerprint density at radius 2 is 1.44 bits per heavy atom. The number of halogens is 2. The average molecular weight is 288 g/mol. The van der Waals surface area contributed by atoms with E-state index in [1.165, 1.54) is 5.56 Å². The van der Waals surface area contributed by atoms with E-state index in [9.17, 15) is 0 Å². The summed E-state index contributed by atoms with van der Waals surface area (Å²) in [5.74, 6) is 1.21. The summed E-state index contributed by atoms with van der Waals surface area (Å²) in [4.78, 5) is 0. The van der Waals surface area contributed by atoms with E-state index in [1.54, 1.807) is 0 Å². The highest BCUT2D eigenvalue weighted by Gasteiger charge is 2.20. The van der Waals surface area contributed by atoms with Gasteiger partial charge in [-0.2, -0.15) is 0 Å². The molecule has 1 aromatic carbocycles. The first-order valence-electron chi connectivity index (χ1n) is 6.54. The molecule has 0 saturated carbocycles. The number of rotatable bonds is 5. The Bertz CT molecular complexity index is 380. The smallest absolute Gasteiger partial charge is 0.0595 e. The zero-order chi connectivity index (χ0) is 13.9. The van der Waals surface area contributed by atoms with Gasteiger partial charge in [-0.1, -0.05) is 57.0 Å². The van der Waals surface area contributed by atoms with Gasteiger partial charge in [0.05, 0.1) is 10.0 Å². The molecule has 0 heterocycles. The van der Waals surface area contributed by atoms with Crippen LogP contribution in [0.15, 0.2) is 18.2 Å². The lowest BCUT2D eigenvalue weighted by atomic mass is 9.92. The van der Waals surface area contributed by atoms with Crippen LogP contribution in [0.3, 0.4) is 0 Å². The van der Waals surface area contributed by atoms with Gasteiger partial charge in [0, 0.05) is 12.1 Å². The molecule has 3 heteroatoms. The van der Waals surface area contributed by atoms with Crippen molar-refractivity contribution in [1.82, 2.24) is 5.32 Å². The van der Waals surface area contributed by atoms with Crippen LogP contribution in [0.5, 0.6) is 0 Å². The second-order valence-corrected chi connectivity index (χ2v) is 6.39. The lowest BCUT2D eigenvalue weighted by Gasteiger charge is -2.30. The van der Waals surface area contributed by atoms with Gasteiger partial charge in [-0.25, -0.2) is 0 Å². The number of benzene rings is 1. The van der Waals surface area contributed by atoms with Crippen LogP contribution in [0.1, 0.15) is 46.2 Å². The second kappa shape index (κ2) is 6.79. The summed E-state index contributed by atoms with van der Waals surface area (Å²) >= 11 is 12.0. The van der Waals surface area contributed by atoms with Crippen LogP contribution in [-0.4, -0.2) is 6.04 Å². The van der Waals surface area contributed by atoms with Crippen LogP contribution < -0.4 is 5.32 Å². The quantitative estimate of drug-likeness (QED) is 0.772. The van der Waals surface area contributed by atoms with E-state index in [0.717, 1.165) is 0 Å². The fraction of sp³-hybridized carbons (Fsp3) is 0.600. The van der Waals surface area contributed by atoms with E-state index >= 15 is 0 Å². The summed E-state index contributed by atoms with van der Waals surface area (Å²) in [5.41, 5.74) is 1.18. The molecule has 1 N–H and O–H groups in total. The maximum atomic E-state index is 6.06. The van der Waals surface area contributed by atoms with Gasteiger partial charge in [-0.15, -0.1) is 0 Å². The lowest BCUT2D eigenvalue weighted by molar-refractivity contribution is 0.291. The minimum atomic E-state index is 0.273. The van der Waals surface area contributed by atoms with Gasteiger partial charge in [0.25, 0.3) is 0 Å². The van der Waals surface area contributed by atoms with Crippen LogP contribution in [0.2, 0.25) is 10.0 Å². The zero-order valence-corrected chi connectivity index (χ0v) is 13.3. The predicted molar refractivity (Wildman–Crippen MR) is 81.5 cm³/mol. The molecule has 0 radical (unpaired) electrons. The topological polar surface area (TPSA) is 12.0 Å². The molecule has 1 unspecified atom stereocenters. The first-order valence-corrected chi connectivity index (χ1v) is 7.29. The van der Waals surface area contributed by atoms with E-state index in [1.807, 2.05) is 18.2 Å². The van der Waals surface area contributed by atoms with Gasteiger partial charge >= 0.3 is 0 Å². The Balaban J connectivity index is 2.80. The molecule has 0 aliphatic heterocycles. The fourth-order valence-corrected chi connectivity index (χ4v) is 2.63. The van der Waals surface area contributed by atoms with Crippen molar-refractivity contribution in [2.45, 2.75) is 46.7 Å². The van der Waals surface area contributed by atoms with Crippen molar-refractivity contribution in [3.8, 4) is 0 Å². The summed E-state index contributed by atoms with van der Waals surface area (Å²) in [6.45, 7) is 11.2. The van der Waals surface area contributed by atoms with Crippen LogP contribution in [0, 0.1) is 11.8 Å². The van der Waals surface area contributed by atoms with Crippen molar-refractivity contribution in [1.29, 1.82) is 0 Å². The van der Waals surface area contributed by atoms with E-state index < -0.39 is 0 Å². The minimum absolute atomic E-state index is 0.273. The van der Waals surface area contributed by atoms with Gasteiger partial charge < -0.3 is 5.32 Å². The third-order valence-electron chi connectivity index (χ3n) is 3.32. The molecule has 0 bridgehead atoms. The standard InChI is InChI=1S/C15H23Cl2N/c1-9(2)15(10(3)4)18-11(5)12-6-7-13(16)14(17)8-12/h6-11,15,18H,1-5H3. The molecule has 0 amide bonds. The fourth-order valence-electron chi connectivity index (χ4n) is 2.32. The molecule has 0 aliphatic carbocycles. The largest absolute Gasteiger partial charge is 0.307 e. The molecule has 0 aromatic heterocycles. The van der Waals surface area contributed by atoms with Gasteiger partial charge in [0.1, 0.15) is 0 Å². The molecule has 1 nitrogen and oxygen atoms in total. The zero-order valence-electron chi connectivity index (χ0n) is 11.8. The molecule has 0 aliphatic rings. The van der Waals surface area contributed by atoms with Crippen LogP contribution in [0.25, 0.3) is 0 Å². The Hall–Kier alpha value is -0.240. The molecular weight excluding hydrogens is 265 g/mol. The summed E-state index contributed by atoms with van der Waals surface area (Å²) in [6.07, 6.45) is 0. The highest BCUT2D eigenvalue weighted by molar-refractivity contribution is 6.42. The van der Waals surface area contributed by atoms with Crippen molar-refractivity contribution in [3.05, 3.63) is 33.8 Å². The number of nitrogens with one attached hydrogen (secondary N) is 1. The molecule has 18 heavy (non-hydrogen) atoms. The van der Waals surface area contributed by atoms with Gasteiger partial charge in [0.15, 0.2) is 0 Å². The van der Waals surface area contributed by atoms with E-state index in [0.29, 0.717) is 27.9 Å². The van der Waals surface area contributed by atoms with Gasteiger partial charge in [-0.3, -0.25) is 0 Å². The average Bonchev–Trinajstić information content (AvgIpc) is 2.28. The van der Waals surface area contributed by atoms with Crippen molar-refractivity contribution in [2.75, 3.05) is 0 Å². The maximum absolute atomic E-state index is 6.06. The lowest BCUT2D eigenvalue weighted by Crippen LogP contribution is -2.39. The van der Waals surface area contributed by atoms with Crippen molar-refractivity contribution in [2.24, 2.45) is 11.8 Å².